The molecule has 6 rings (SSSR count). The first-order valence-corrected chi connectivity index (χ1v) is 13.2. The molecular weight excluding hydrogens is 492 g/mol. The Kier molecular flexibility index (Phi) is 6.86. The van der Waals surface area contributed by atoms with E-state index in [0.717, 1.165) is 18.5 Å². The Hall–Kier alpha value is -4.06. The number of rotatable bonds is 5. The third-order valence-corrected chi connectivity index (χ3v) is 7.45. The summed E-state index contributed by atoms with van der Waals surface area (Å²) in [7, 11) is 0. The molecular formula is C32H27ClN4O. The Morgan fingerprint density at radius 1 is 0.737 bits per heavy atom. The number of fused-ring (bicyclic) bond motifs is 1. The largest absolute Gasteiger partial charge is 0.336 e. The fourth-order valence-electron chi connectivity index (χ4n) is 5.27. The van der Waals surface area contributed by atoms with E-state index in [1.807, 2.05) is 53.4 Å². The summed E-state index contributed by atoms with van der Waals surface area (Å²) in [6.45, 7) is 2.82. The number of hydrogen-bond acceptors (Lipinski definition) is 4. The van der Waals surface area contributed by atoms with Gasteiger partial charge in [0.15, 0.2) is 0 Å². The number of para-hydroxylation sites is 1. The second kappa shape index (κ2) is 10.7. The molecule has 188 valence electrons. The van der Waals surface area contributed by atoms with Crippen LogP contribution in [0.25, 0.3) is 22.3 Å². The minimum absolute atomic E-state index is 0.00697. The van der Waals surface area contributed by atoms with Crippen LogP contribution in [0.5, 0.6) is 0 Å². The molecule has 1 amide bonds. The standard InChI is InChI=1S/C32H27ClN4O/c33-27-15-9-14-25-26(22-29(35-30(25)27)28-16-7-8-17-34-28)32(38)37-20-18-36(19-21-37)31(23-10-3-1-4-11-23)24-12-5-2-6-13-24/h1-17,22,31H,18-21H2. The molecule has 0 saturated carbocycles. The molecule has 0 N–H and O–H groups in total. The minimum Gasteiger partial charge on any atom is -0.336 e. The Morgan fingerprint density at radius 2 is 1.39 bits per heavy atom. The number of carbonyl (C=O) groups is 1. The summed E-state index contributed by atoms with van der Waals surface area (Å²) < 4.78 is 0. The van der Waals surface area contributed by atoms with E-state index in [0.29, 0.717) is 40.6 Å². The van der Waals surface area contributed by atoms with Gasteiger partial charge in [-0.15, -0.1) is 0 Å². The van der Waals surface area contributed by atoms with E-state index in [-0.39, 0.29) is 11.9 Å². The predicted molar refractivity (Wildman–Crippen MR) is 152 cm³/mol. The number of benzene rings is 3. The van der Waals surface area contributed by atoms with Crippen molar-refractivity contribution in [2.45, 2.75) is 6.04 Å². The van der Waals surface area contributed by atoms with Crippen molar-refractivity contribution in [3.05, 3.63) is 131 Å². The first kappa shape index (κ1) is 24.3. The van der Waals surface area contributed by atoms with Gasteiger partial charge in [-0.1, -0.05) is 90.5 Å². The lowest BCUT2D eigenvalue weighted by molar-refractivity contribution is 0.0599. The minimum atomic E-state index is -0.00697. The molecule has 6 heteroatoms. The summed E-state index contributed by atoms with van der Waals surface area (Å²) in [6.07, 6.45) is 1.73. The van der Waals surface area contributed by atoms with Crippen LogP contribution < -0.4 is 0 Å². The maximum Gasteiger partial charge on any atom is 0.254 e. The number of pyridine rings is 2. The summed E-state index contributed by atoms with van der Waals surface area (Å²) in [5.41, 5.74) is 5.09. The topological polar surface area (TPSA) is 49.3 Å². The van der Waals surface area contributed by atoms with Gasteiger partial charge in [0, 0.05) is 37.8 Å². The van der Waals surface area contributed by atoms with Gasteiger partial charge in [-0.25, -0.2) is 4.98 Å². The first-order chi connectivity index (χ1) is 18.7. The second-order valence-corrected chi connectivity index (χ2v) is 9.87. The molecule has 0 spiro atoms. The summed E-state index contributed by atoms with van der Waals surface area (Å²) in [6, 6.07) is 34.4. The van der Waals surface area contributed by atoms with Crippen molar-refractivity contribution in [2.75, 3.05) is 26.2 Å². The van der Waals surface area contributed by atoms with Gasteiger partial charge < -0.3 is 4.90 Å². The molecule has 1 aliphatic heterocycles. The summed E-state index contributed by atoms with van der Waals surface area (Å²) >= 11 is 6.53. The average Bonchev–Trinajstić information content (AvgIpc) is 2.99. The first-order valence-electron chi connectivity index (χ1n) is 12.8. The molecule has 0 aliphatic carbocycles. The van der Waals surface area contributed by atoms with Crippen molar-refractivity contribution in [3.63, 3.8) is 0 Å². The van der Waals surface area contributed by atoms with E-state index in [4.69, 9.17) is 16.6 Å². The van der Waals surface area contributed by atoms with Crippen LogP contribution >= 0.6 is 11.6 Å². The highest BCUT2D eigenvalue weighted by atomic mass is 35.5. The van der Waals surface area contributed by atoms with Gasteiger partial charge in [0.1, 0.15) is 0 Å². The fraction of sp³-hybridized carbons (Fsp3) is 0.156. The zero-order valence-electron chi connectivity index (χ0n) is 20.9. The zero-order valence-corrected chi connectivity index (χ0v) is 21.6. The molecule has 2 aromatic heterocycles. The fourth-order valence-corrected chi connectivity index (χ4v) is 5.49. The quantitative estimate of drug-likeness (QED) is 0.266. The van der Waals surface area contributed by atoms with Crippen molar-refractivity contribution < 1.29 is 4.79 Å². The SMILES string of the molecule is O=C(c1cc(-c2ccccn2)nc2c(Cl)cccc12)N1CCN(C(c2ccccc2)c2ccccc2)CC1. The highest BCUT2D eigenvalue weighted by Gasteiger charge is 2.29. The molecule has 3 heterocycles. The summed E-state index contributed by atoms with van der Waals surface area (Å²) in [5.74, 6) is -0.00697. The third-order valence-electron chi connectivity index (χ3n) is 7.15. The Bertz CT molecular complexity index is 1510. The number of piperazine rings is 1. The maximum absolute atomic E-state index is 13.9. The summed E-state index contributed by atoms with van der Waals surface area (Å²) in [4.78, 5) is 27.6. The number of nitrogens with zero attached hydrogens (tertiary/aromatic N) is 4. The lowest BCUT2D eigenvalue weighted by atomic mass is 9.96. The molecule has 1 aliphatic rings. The van der Waals surface area contributed by atoms with Gasteiger partial charge in [-0.05, 0) is 35.4 Å². The van der Waals surface area contributed by atoms with Crippen molar-refractivity contribution in [2.24, 2.45) is 0 Å². The van der Waals surface area contributed by atoms with Crippen molar-refractivity contribution >= 4 is 28.4 Å². The van der Waals surface area contributed by atoms with E-state index in [9.17, 15) is 4.79 Å². The van der Waals surface area contributed by atoms with E-state index in [1.165, 1.54) is 11.1 Å². The lowest BCUT2D eigenvalue weighted by Gasteiger charge is -2.40. The van der Waals surface area contributed by atoms with Crippen molar-refractivity contribution in [1.82, 2.24) is 19.8 Å². The van der Waals surface area contributed by atoms with Crippen LogP contribution in [-0.4, -0.2) is 51.9 Å². The van der Waals surface area contributed by atoms with Gasteiger partial charge >= 0.3 is 0 Å². The second-order valence-electron chi connectivity index (χ2n) is 9.46. The van der Waals surface area contributed by atoms with E-state index in [1.54, 1.807) is 12.3 Å². The van der Waals surface area contributed by atoms with E-state index < -0.39 is 0 Å². The monoisotopic (exact) mass is 518 g/mol. The molecule has 38 heavy (non-hydrogen) atoms. The average molecular weight is 519 g/mol. The molecule has 5 aromatic rings. The van der Waals surface area contributed by atoms with Crippen LogP contribution in [0.1, 0.15) is 27.5 Å². The van der Waals surface area contributed by atoms with Gasteiger partial charge in [0.25, 0.3) is 5.91 Å². The molecule has 0 bridgehead atoms. The number of amides is 1. The molecule has 1 saturated heterocycles. The van der Waals surface area contributed by atoms with Gasteiger partial charge in [0.2, 0.25) is 0 Å². The predicted octanol–water partition coefficient (Wildman–Crippen LogP) is 6.50. The van der Waals surface area contributed by atoms with Gasteiger partial charge in [-0.3, -0.25) is 14.7 Å². The Labute approximate surface area is 227 Å². The highest BCUT2D eigenvalue weighted by molar-refractivity contribution is 6.35. The Balaban J connectivity index is 1.29. The highest BCUT2D eigenvalue weighted by Crippen LogP contribution is 2.32. The molecule has 0 atom stereocenters. The molecule has 0 unspecified atom stereocenters. The summed E-state index contributed by atoms with van der Waals surface area (Å²) in [5, 5.41) is 1.28. The van der Waals surface area contributed by atoms with E-state index in [2.05, 4.69) is 58.4 Å². The van der Waals surface area contributed by atoms with Crippen LogP contribution in [0.2, 0.25) is 5.02 Å². The third kappa shape index (κ3) is 4.78. The van der Waals surface area contributed by atoms with Crippen LogP contribution in [0.3, 0.4) is 0 Å². The molecule has 3 aromatic carbocycles. The van der Waals surface area contributed by atoms with E-state index >= 15 is 0 Å². The zero-order chi connectivity index (χ0) is 25.9. The van der Waals surface area contributed by atoms with Crippen LogP contribution in [-0.2, 0) is 0 Å². The van der Waals surface area contributed by atoms with Crippen LogP contribution in [0, 0.1) is 0 Å². The number of carbonyl (C=O) groups excluding carboxylic acids is 1. The maximum atomic E-state index is 13.9. The van der Waals surface area contributed by atoms with Crippen molar-refractivity contribution in [3.8, 4) is 11.4 Å². The number of aromatic nitrogens is 2. The van der Waals surface area contributed by atoms with Crippen molar-refractivity contribution in [1.29, 1.82) is 0 Å². The van der Waals surface area contributed by atoms with Gasteiger partial charge in [0.05, 0.1) is 33.5 Å². The van der Waals surface area contributed by atoms with Crippen LogP contribution in [0.15, 0.2) is 109 Å². The van der Waals surface area contributed by atoms with Gasteiger partial charge in [-0.2, -0.15) is 0 Å². The number of hydrogen-bond donors (Lipinski definition) is 0. The van der Waals surface area contributed by atoms with Crippen LogP contribution in [0.4, 0.5) is 0 Å². The molecule has 5 nitrogen and oxygen atoms in total. The number of halogens is 1. The molecule has 1 fully saturated rings. The molecule has 0 radical (unpaired) electrons. The Morgan fingerprint density at radius 3 is 2.03 bits per heavy atom. The smallest absolute Gasteiger partial charge is 0.254 e. The normalized spacial score (nSPS) is 14.2. The lowest BCUT2D eigenvalue weighted by Crippen LogP contribution is -2.49.